The van der Waals surface area contributed by atoms with Crippen molar-refractivity contribution in [3.8, 4) is 16.9 Å². The fourth-order valence-corrected chi connectivity index (χ4v) is 6.84. The second-order valence-corrected chi connectivity index (χ2v) is 12.8. The number of aryl methyl sites for hydroxylation is 1. The molecular formula is C38H44F4N8O4. The molecule has 0 bridgehead atoms. The number of amidine groups is 1. The largest absolute Gasteiger partial charge is 0.573 e. The molecule has 2 amide bonds. The molecule has 1 fully saturated rings. The van der Waals surface area contributed by atoms with Gasteiger partial charge >= 0.3 is 6.36 Å². The number of aromatic nitrogens is 4. The van der Waals surface area contributed by atoms with Gasteiger partial charge in [0.2, 0.25) is 5.91 Å². The summed E-state index contributed by atoms with van der Waals surface area (Å²) in [6, 6.07) is 10.7. The van der Waals surface area contributed by atoms with Gasteiger partial charge in [-0.2, -0.15) is 0 Å². The molecule has 2 aliphatic rings. The average Bonchev–Trinajstić information content (AvgIpc) is 3.87. The van der Waals surface area contributed by atoms with Crippen LogP contribution in [0.2, 0.25) is 0 Å². The number of fused-ring (bicyclic) bond motifs is 1. The Labute approximate surface area is 311 Å². The zero-order chi connectivity index (χ0) is 38.4. The molecule has 16 heteroatoms. The SMILES string of the molecule is CC/C=C(/OC(F)(F)F)C(=NCC)N1CCN(C(=O)c2cc3c(-c4ccccc4OC)cc(C4=CCCN(C(=O)CCn5ccnn5)C4)c(F)c3[nH]2)CC1.[HH]. The molecule has 0 radical (unpaired) electrons. The van der Waals surface area contributed by atoms with Crippen molar-refractivity contribution in [2.75, 3.05) is 52.9 Å². The van der Waals surface area contributed by atoms with Crippen LogP contribution in [-0.4, -0.2) is 112 Å². The van der Waals surface area contributed by atoms with E-state index < -0.39 is 12.2 Å². The lowest BCUT2D eigenvalue weighted by molar-refractivity contribution is -0.302. The Morgan fingerprint density at radius 1 is 1.02 bits per heavy atom. The van der Waals surface area contributed by atoms with E-state index in [1.54, 1.807) is 70.9 Å². The van der Waals surface area contributed by atoms with Gasteiger partial charge in [0.05, 0.1) is 25.4 Å². The maximum atomic E-state index is 16.7. The van der Waals surface area contributed by atoms with Gasteiger partial charge in [-0.25, -0.2) is 4.39 Å². The Balaban J connectivity index is 0.00000580. The number of hydrogen-bond donors (Lipinski definition) is 1. The van der Waals surface area contributed by atoms with Gasteiger partial charge in [-0.15, -0.1) is 18.3 Å². The van der Waals surface area contributed by atoms with Gasteiger partial charge < -0.3 is 29.2 Å². The predicted octanol–water partition coefficient (Wildman–Crippen LogP) is 6.53. The highest BCUT2D eigenvalue weighted by Crippen LogP contribution is 2.40. The summed E-state index contributed by atoms with van der Waals surface area (Å²) in [5.74, 6) is -0.768. The Hall–Kier alpha value is -5.67. The van der Waals surface area contributed by atoms with Crippen LogP contribution >= 0.6 is 0 Å². The second-order valence-electron chi connectivity index (χ2n) is 12.8. The molecule has 0 spiro atoms. The van der Waals surface area contributed by atoms with E-state index in [1.807, 2.05) is 24.3 Å². The summed E-state index contributed by atoms with van der Waals surface area (Å²) in [5.41, 5.74) is 2.54. The highest BCUT2D eigenvalue weighted by molar-refractivity contribution is 6.05. The molecule has 2 aromatic heterocycles. The number of carbonyl (C=O) groups excluding carboxylic acids is 2. The highest BCUT2D eigenvalue weighted by Gasteiger charge is 2.36. The number of benzene rings is 2. The van der Waals surface area contributed by atoms with Gasteiger partial charge in [0.15, 0.2) is 17.4 Å². The topological polar surface area (TPSA) is 121 Å². The third kappa shape index (κ3) is 8.42. The number of nitrogens with zero attached hydrogens (tertiary/aromatic N) is 7. The van der Waals surface area contributed by atoms with Crippen molar-refractivity contribution in [1.82, 2.24) is 34.7 Å². The van der Waals surface area contributed by atoms with Crippen LogP contribution in [0.5, 0.6) is 5.75 Å². The van der Waals surface area contributed by atoms with E-state index in [0.717, 1.165) is 0 Å². The lowest BCUT2D eigenvalue weighted by Gasteiger charge is -2.36. The molecule has 2 aliphatic heterocycles. The Morgan fingerprint density at radius 3 is 2.46 bits per heavy atom. The van der Waals surface area contributed by atoms with Crippen LogP contribution in [0.3, 0.4) is 0 Å². The summed E-state index contributed by atoms with van der Waals surface area (Å²) in [7, 11) is 1.55. The lowest BCUT2D eigenvalue weighted by Crippen LogP contribution is -2.51. The standard InChI is InChI=1S/C38H42F4N8O4.H2/c1-4-9-32(54-38(40,41)42)36(43-5-2)47-18-20-48(21-19-47)37(52)30-23-29-28(26-11-6-7-12-31(26)53-3)22-27(34(39)35(29)45-30)25-10-8-15-49(24-25)33(51)13-16-50-17-14-44-46-50;/h6-7,9-12,14,17,22-23,45H,4-5,8,13,15-16,18-21,24H2,1-3H3;1H/b32-9+,43-36?;. The number of para-hydroxylation sites is 1. The number of aliphatic imine (C=N–C) groups is 1. The zero-order valence-electron chi connectivity index (χ0n) is 30.3. The number of aromatic amines is 1. The molecule has 0 saturated carbocycles. The number of methoxy groups -OCH3 is 1. The molecular weight excluding hydrogens is 708 g/mol. The Morgan fingerprint density at radius 2 is 1.78 bits per heavy atom. The first-order chi connectivity index (χ1) is 26.0. The fourth-order valence-electron chi connectivity index (χ4n) is 6.84. The molecule has 0 unspecified atom stereocenters. The molecule has 0 aliphatic carbocycles. The van der Waals surface area contributed by atoms with Crippen molar-refractivity contribution < 1.29 is 38.1 Å². The number of piperazine rings is 1. The van der Waals surface area contributed by atoms with Crippen LogP contribution in [0.15, 0.2) is 71.7 Å². The molecule has 2 aromatic carbocycles. The van der Waals surface area contributed by atoms with Crippen molar-refractivity contribution in [3.63, 3.8) is 0 Å². The number of rotatable bonds is 11. The van der Waals surface area contributed by atoms with E-state index in [1.165, 1.54) is 6.08 Å². The Kier molecular flexibility index (Phi) is 11.7. The summed E-state index contributed by atoms with van der Waals surface area (Å²) < 4.78 is 68.1. The van der Waals surface area contributed by atoms with Crippen LogP contribution in [0.25, 0.3) is 27.6 Å². The summed E-state index contributed by atoms with van der Waals surface area (Å²) in [6.07, 6.45) is 2.68. The van der Waals surface area contributed by atoms with Crippen LogP contribution in [-0.2, 0) is 16.1 Å². The van der Waals surface area contributed by atoms with Crippen LogP contribution in [0.4, 0.5) is 17.6 Å². The van der Waals surface area contributed by atoms with Gasteiger partial charge in [-0.05, 0) is 55.2 Å². The van der Waals surface area contributed by atoms with E-state index in [-0.39, 0.29) is 81.7 Å². The minimum atomic E-state index is -4.88. The number of amides is 2. The van der Waals surface area contributed by atoms with Crippen molar-refractivity contribution in [2.45, 2.75) is 46.0 Å². The van der Waals surface area contributed by atoms with Crippen molar-refractivity contribution in [3.05, 3.63) is 83.8 Å². The van der Waals surface area contributed by atoms with Gasteiger partial charge in [-0.3, -0.25) is 19.3 Å². The lowest BCUT2D eigenvalue weighted by atomic mass is 9.93. The molecule has 288 valence electrons. The maximum Gasteiger partial charge on any atom is 0.573 e. The van der Waals surface area contributed by atoms with Crippen LogP contribution in [0, 0.1) is 5.82 Å². The van der Waals surface area contributed by atoms with Crippen molar-refractivity contribution >= 4 is 34.1 Å². The van der Waals surface area contributed by atoms with Crippen molar-refractivity contribution in [2.24, 2.45) is 4.99 Å². The first-order valence-corrected chi connectivity index (χ1v) is 17.9. The molecule has 1 N–H and O–H groups in total. The zero-order valence-corrected chi connectivity index (χ0v) is 30.3. The molecule has 0 atom stereocenters. The molecule has 54 heavy (non-hydrogen) atoms. The number of nitrogens with one attached hydrogen (secondary N) is 1. The van der Waals surface area contributed by atoms with Crippen LogP contribution in [0.1, 0.15) is 50.6 Å². The predicted molar refractivity (Wildman–Crippen MR) is 197 cm³/mol. The number of H-pyrrole nitrogens is 1. The summed E-state index contributed by atoms with van der Waals surface area (Å²) in [4.78, 5) is 39.5. The van der Waals surface area contributed by atoms with Crippen LogP contribution < -0.4 is 4.74 Å². The summed E-state index contributed by atoms with van der Waals surface area (Å²) in [6.45, 7) is 5.52. The van der Waals surface area contributed by atoms with E-state index in [4.69, 9.17) is 4.74 Å². The second kappa shape index (κ2) is 16.6. The number of halogens is 4. The highest BCUT2D eigenvalue weighted by atomic mass is 19.4. The molecule has 4 heterocycles. The number of allylic oxidation sites excluding steroid dienone is 1. The number of ether oxygens (including phenoxy) is 2. The number of carbonyl (C=O) groups is 2. The smallest absolute Gasteiger partial charge is 0.496 e. The quantitative estimate of drug-likeness (QED) is 0.0801. The average molecular weight is 753 g/mol. The minimum Gasteiger partial charge on any atom is -0.496 e. The minimum absolute atomic E-state index is 0. The monoisotopic (exact) mass is 752 g/mol. The fraction of sp³-hybridized carbons (Fsp3) is 0.395. The summed E-state index contributed by atoms with van der Waals surface area (Å²) in [5, 5.41) is 8.17. The molecule has 12 nitrogen and oxygen atoms in total. The van der Waals surface area contributed by atoms with Gasteiger partial charge in [-0.1, -0.05) is 36.4 Å². The maximum absolute atomic E-state index is 16.7. The summed E-state index contributed by atoms with van der Waals surface area (Å²) >= 11 is 0. The van der Waals surface area contributed by atoms with E-state index >= 15 is 4.39 Å². The van der Waals surface area contributed by atoms with Gasteiger partial charge in [0, 0.05) is 76.4 Å². The van der Waals surface area contributed by atoms with E-state index in [2.05, 4.69) is 25.0 Å². The Bertz CT molecular complexity index is 2070. The van der Waals surface area contributed by atoms with E-state index in [9.17, 15) is 22.8 Å². The van der Waals surface area contributed by atoms with E-state index in [0.29, 0.717) is 59.3 Å². The molecule has 6 rings (SSSR count). The molecule has 1 saturated heterocycles. The van der Waals surface area contributed by atoms with Gasteiger partial charge in [0.1, 0.15) is 11.4 Å². The van der Waals surface area contributed by atoms with Gasteiger partial charge in [0.25, 0.3) is 5.91 Å². The first kappa shape index (κ1) is 38.1. The van der Waals surface area contributed by atoms with Crippen molar-refractivity contribution in [1.29, 1.82) is 0 Å². The molecule has 4 aromatic rings. The third-order valence-electron chi connectivity index (χ3n) is 9.37. The first-order valence-electron chi connectivity index (χ1n) is 17.9. The third-order valence-corrected chi connectivity index (χ3v) is 9.37. The number of hydrogen-bond acceptors (Lipinski definition) is 7. The normalized spacial score (nSPS) is 15.8. The number of alkyl halides is 3.